The monoisotopic (exact) mass is 457 g/mol. The molecule has 0 saturated carbocycles. The molecule has 1 atom stereocenters. The van der Waals surface area contributed by atoms with Gasteiger partial charge in [0.15, 0.2) is 0 Å². The average molecular weight is 458 g/mol. The highest BCUT2D eigenvalue weighted by molar-refractivity contribution is 6.31. The molecule has 168 valence electrons. The Morgan fingerprint density at radius 3 is 2.33 bits per heavy atom. The molecule has 1 aliphatic rings. The number of aromatic nitrogens is 2. The van der Waals surface area contributed by atoms with Crippen LogP contribution in [0.25, 0.3) is 10.9 Å². The van der Waals surface area contributed by atoms with E-state index in [9.17, 15) is 0 Å². The molecule has 6 heteroatoms. The third kappa shape index (κ3) is 4.95. The number of nitrogens with zero attached hydrogens (tertiary/aromatic N) is 4. The van der Waals surface area contributed by atoms with E-state index in [1.165, 1.54) is 11.1 Å². The van der Waals surface area contributed by atoms with Gasteiger partial charge in [-0.1, -0.05) is 72.3 Å². The Bertz CT molecular complexity index is 1220. The van der Waals surface area contributed by atoms with Gasteiger partial charge in [-0.05, 0) is 36.2 Å². The second kappa shape index (κ2) is 9.77. The Labute approximate surface area is 200 Å². The summed E-state index contributed by atoms with van der Waals surface area (Å²) in [5, 5.41) is 5.50. The predicted molar refractivity (Wildman–Crippen MR) is 137 cm³/mol. The van der Waals surface area contributed by atoms with E-state index in [-0.39, 0.29) is 6.04 Å². The van der Waals surface area contributed by atoms with Crippen molar-refractivity contribution in [1.82, 2.24) is 14.9 Å². The molecule has 2 heterocycles. The summed E-state index contributed by atoms with van der Waals surface area (Å²) in [7, 11) is 0. The van der Waals surface area contributed by atoms with Gasteiger partial charge in [0, 0.05) is 49.2 Å². The van der Waals surface area contributed by atoms with E-state index in [1.54, 1.807) is 0 Å². The Kier molecular flexibility index (Phi) is 6.42. The third-order valence-corrected chi connectivity index (χ3v) is 6.62. The van der Waals surface area contributed by atoms with Crippen LogP contribution in [0.1, 0.15) is 24.1 Å². The SMILES string of the molecule is CC(Nc1nc(N2CCN(Cc3ccccc3Cl)CC2)nc2ccccc12)c1ccccc1. The molecule has 1 saturated heterocycles. The zero-order chi connectivity index (χ0) is 22.6. The number of rotatable bonds is 6. The van der Waals surface area contributed by atoms with Crippen LogP contribution in [0.4, 0.5) is 11.8 Å². The summed E-state index contributed by atoms with van der Waals surface area (Å²) in [4.78, 5) is 14.6. The summed E-state index contributed by atoms with van der Waals surface area (Å²) in [5.74, 6) is 1.67. The minimum Gasteiger partial charge on any atom is -0.363 e. The van der Waals surface area contributed by atoms with Gasteiger partial charge in [0.1, 0.15) is 5.82 Å². The van der Waals surface area contributed by atoms with Gasteiger partial charge in [-0.25, -0.2) is 4.98 Å². The Hall–Kier alpha value is -3.15. The van der Waals surface area contributed by atoms with Gasteiger partial charge in [0.05, 0.1) is 5.52 Å². The van der Waals surface area contributed by atoms with Crippen LogP contribution in [-0.4, -0.2) is 41.0 Å². The van der Waals surface area contributed by atoms with Crippen LogP contribution < -0.4 is 10.2 Å². The maximum absolute atomic E-state index is 6.36. The number of nitrogens with one attached hydrogen (secondary N) is 1. The van der Waals surface area contributed by atoms with Crippen LogP contribution in [0.15, 0.2) is 78.9 Å². The van der Waals surface area contributed by atoms with E-state index in [4.69, 9.17) is 21.6 Å². The lowest BCUT2D eigenvalue weighted by Crippen LogP contribution is -2.46. The minimum absolute atomic E-state index is 0.143. The van der Waals surface area contributed by atoms with Crippen molar-refractivity contribution in [3.63, 3.8) is 0 Å². The first-order valence-electron chi connectivity index (χ1n) is 11.5. The molecule has 1 aromatic heterocycles. The van der Waals surface area contributed by atoms with Gasteiger partial charge in [0.25, 0.3) is 0 Å². The molecule has 1 unspecified atom stereocenters. The molecule has 0 bridgehead atoms. The molecule has 5 nitrogen and oxygen atoms in total. The summed E-state index contributed by atoms with van der Waals surface area (Å²) in [5.41, 5.74) is 3.37. The van der Waals surface area contributed by atoms with Gasteiger partial charge in [-0.3, -0.25) is 4.90 Å². The lowest BCUT2D eigenvalue weighted by molar-refractivity contribution is 0.249. The van der Waals surface area contributed by atoms with Crippen LogP contribution in [0, 0.1) is 0 Å². The second-order valence-electron chi connectivity index (χ2n) is 8.52. The summed E-state index contributed by atoms with van der Waals surface area (Å²) >= 11 is 6.36. The molecular formula is C27H28ClN5. The number of halogens is 1. The molecule has 0 aliphatic carbocycles. The number of benzene rings is 3. The summed E-state index contributed by atoms with van der Waals surface area (Å²) in [6.07, 6.45) is 0. The second-order valence-corrected chi connectivity index (χ2v) is 8.93. The molecule has 3 aromatic carbocycles. The van der Waals surface area contributed by atoms with Crippen molar-refractivity contribution < 1.29 is 0 Å². The van der Waals surface area contributed by atoms with Crippen LogP contribution >= 0.6 is 11.6 Å². The van der Waals surface area contributed by atoms with E-state index in [0.717, 1.165) is 60.4 Å². The minimum atomic E-state index is 0.143. The van der Waals surface area contributed by atoms with E-state index in [2.05, 4.69) is 64.5 Å². The molecule has 4 aromatic rings. The van der Waals surface area contributed by atoms with Crippen molar-refractivity contribution in [1.29, 1.82) is 0 Å². The largest absolute Gasteiger partial charge is 0.363 e. The maximum Gasteiger partial charge on any atom is 0.227 e. The zero-order valence-electron chi connectivity index (χ0n) is 18.8. The number of anilines is 2. The summed E-state index contributed by atoms with van der Waals surface area (Å²) in [6.45, 7) is 6.70. The van der Waals surface area contributed by atoms with Crippen LogP contribution in [0.2, 0.25) is 5.02 Å². The standard InChI is InChI=1S/C27H28ClN5/c1-20(21-9-3-2-4-10-21)29-26-23-12-6-8-14-25(23)30-27(31-26)33-17-15-32(16-18-33)19-22-11-5-7-13-24(22)28/h2-14,20H,15-19H2,1H3,(H,29,30,31). The predicted octanol–water partition coefficient (Wildman–Crippen LogP) is 5.78. The molecule has 1 N–H and O–H groups in total. The van der Waals surface area contributed by atoms with Crippen LogP contribution in [0.5, 0.6) is 0 Å². The van der Waals surface area contributed by atoms with Crippen molar-refractivity contribution in [2.75, 3.05) is 36.4 Å². The van der Waals surface area contributed by atoms with Crippen molar-refractivity contribution in [3.05, 3.63) is 95.0 Å². The van der Waals surface area contributed by atoms with Gasteiger partial charge < -0.3 is 10.2 Å². The molecule has 1 fully saturated rings. The van der Waals surface area contributed by atoms with Crippen molar-refractivity contribution in [3.8, 4) is 0 Å². The molecule has 5 rings (SSSR count). The average Bonchev–Trinajstić information content (AvgIpc) is 2.86. The Morgan fingerprint density at radius 2 is 1.55 bits per heavy atom. The molecule has 0 amide bonds. The highest BCUT2D eigenvalue weighted by Crippen LogP contribution is 2.28. The van der Waals surface area contributed by atoms with Crippen molar-refractivity contribution in [2.24, 2.45) is 0 Å². The quantitative estimate of drug-likeness (QED) is 0.397. The Balaban J connectivity index is 1.34. The fourth-order valence-electron chi connectivity index (χ4n) is 4.32. The summed E-state index contributed by atoms with van der Waals surface area (Å²) < 4.78 is 0. The molecular weight excluding hydrogens is 430 g/mol. The highest BCUT2D eigenvalue weighted by Gasteiger charge is 2.21. The summed E-state index contributed by atoms with van der Waals surface area (Å²) in [6, 6.07) is 26.9. The zero-order valence-corrected chi connectivity index (χ0v) is 19.5. The Morgan fingerprint density at radius 1 is 0.848 bits per heavy atom. The topological polar surface area (TPSA) is 44.3 Å². The van der Waals surface area contributed by atoms with Crippen LogP contribution in [0.3, 0.4) is 0 Å². The van der Waals surface area contributed by atoms with E-state index < -0.39 is 0 Å². The third-order valence-electron chi connectivity index (χ3n) is 6.25. The first-order valence-corrected chi connectivity index (χ1v) is 11.8. The van der Waals surface area contributed by atoms with Gasteiger partial charge in [0.2, 0.25) is 5.95 Å². The van der Waals surface area contributed by atoms with E-state index >= 15 is 0 Å². The number of hydrogen-bond acceptors (Lipinski definition) is 5. The molecule has 0 spiro atoms. The first kappa shape index (κ1) is 21.7. The fourth-order valence-corrected chi connectivity index (χ4v) is 4.51. The lowest BCUT2D eigenvalue weighted by atomic mass is 10.1. The number of piperazine rings is 1. The van der Waals surface area contributed by atoms with Gasteiger partial charge in [-0.15, -0.1) is 0 Å². The van der Waals surface area contributed by atoms with E-state index in [0.29, 0.717) is 0 Å². The van der Waals surface area contributed by atoms with Crippen molar-refractivity contribution >= 4 is 34.3 Å². The number of hydrogen-bond donors (Lipinski definition) is 1. The highest BCUT2D eigenvalue weighted by atomic mass is 35.5. The van der Waals surface area contributed by atoms with Gasteiger partial charge in [-0.2, -0.15) is 4.98 Å². The molecule has 0 radical (unpaired) electrons. The van der Waals surface area contributed by atoms with Gasteiger partial charge >= 0.3 is 0 Å². The lowest BCUT2D eigenvalue weighted by Gasteiger charge is -2.35. The maximum atomic E-state index is 6.36. The van der Waals surface area contributed by atoms with Crippen molar-refractivity contribution in [2.45, 2.75) is 19.5 Å². The number of para-hydroxylation sites is 1. The fraction of sp³-hybridized carbons (Fsp3) is 0.259. The molecule has 33 heavy (non-hydrogen) atoms. The van der Waals surface area contributed by atoms with Crippen LogP contribution in [-0.2, 0) is 6.54 Å². The normalized spacial score (nSPS) is 15.5. The van der Waals surface area contributed by atoms with E-state index in [1.807, 2.05) is 36.4 Å². The smallest absolute Gasteiger partial charge is 0.227 e. The first-order chi connectivity index (χ1) is 16.2. The molecule has 1 aliphatic heterocycles. The number of fused-ring (bicyclic) bond motifs is 1.